The number of fused-ring (bicyclic) bond motifs is 1. The van der Waals surface area contributed by atoms with E-state index in [1.807, 2.05) is 37.2 Å². The molecular weight excluding hydrogens is 350 g/mol. The van der Waals surface area contributed by atoms with Gasteiger partial charge in [0.25, 0.3) is 0 Å². The van der Waals surface area contributed by atoms with Crippen molar-refractivity contribution in [2.75, 3.05) is 24.3 Å². The quantitative estimate of drug-likeness (QED) is 0.817. The Morgan fingerprint density at radius 1 is 1.07 bits per heavy atom. The molecule has 2 N–H and O–H groups in total. The zero-order valence-electron chi connectivity index (χ0n) is 17.7. The Balaban J connectivity index is 1.60. The van der Waals surface area contributed by atoms with E-state index in [-0.39, 0.29) is 17.4 Å². The Bertz CT molecular complexity index is 819. The van der Waals surface area contributed by atoms with E-state index >= 15 is 0 Å². The second-order valence-electron chi connectivity index (χ2n) is 9.28. The molecule has 1 heterocycles. The molecule has 0 aliphatic heterocycles. The summed E-state index contributed by atoms with van der Waals surface area (Å²) >= 11 is 0. The Kier molecular flexibility index (Phi) is 6.06. The number of rotatable bonds is 5. The Morgan fingerprint density at radius 2 is 1.71 bits per heavy atom. The van der Waals surface area contributed by atoms with E-state index < -0.39 is 0 Å². The number of hydrogen-bond donors (Lipinski definition) is 2. The van der Waals surface area contributed by atoms with Gasteiger partial charge in [0.05, 0.1) is 5.52 Å². The molecular formula is C22H33N5O. The number of hydrogen-bond acceptors (Lipinski definition) is 5. The van der Waals surface area contributed by atoms with Gasteiger partial charge < -0.3 is 15.5 Å². The van der Waals surface area contributed by atoms with Gasteiger partial charge in [-0.25, -0.2) is 4.98 Å². The molecule has 0 radical (unpaired) electrons. The minimum atomic E-state index is 0.0282. The van der Waals surface area contributed by atoms with Crippen molar-refractivity contribution in [3.8, 4) is 0 Å². The van der Waals surface area contributed by atoms with Crippen LogP contribution >= 0.6 is 0 Å². The van der Waals surface area contributed by atoms with Crippen LogP contribution in [0.2, 0.25) is 0 Å². The van der Waals surface area contributed by atoms with E-state index in [1.165, 1.54) is 0 Å². The summed E-state index contributed by atoms with van der Waals surface area (Å²) in [7, 11) is 4.01. The lowest BCUT2D eigenvalue weighted by Gasteiger charge is -2.30. The Labute approximate surface area is 168 Å². The van der Waals surface area contributed by atoms with E-state index in [1.54, 1.807) is 0 Å². The number of benzene rings is 1. The summed E-state index contributed by atoms with van der Waals surface area (Å²) < 4.78 is 0. The number of anilines is 2. The van der Waals surface area contributed by atoms with Gasteiger partial charge in [-0.05, 0) is 43.2 Å². The summed E-state index contributed by atoms with van der Waals surface area (Å²) in [6.45, 7) is 6.29. The average molecular weight is 384 g/mol. The minimum absolute atomic E-state index is 0.0282. The monoisotopic (exact) mass is 383 g/mol. The highest BCUT2D eigenvalue weighted by Gasteiger charge is 2.25. The summed E-state index contributed by atoms with van der Waals surface area (Å²) in [4.78, 5) is 23.6. The largest absolute Gasteiger partial charge is 0.362 e. The highest BCUT2D eigenvalue weighted by Crippen LogP contribution is 2.26. The maximum Gasteiger partial charge on any atom is 0.225 e. The molecule has 6 heteroatoms. The van der Waals surface area contributed by atoms with Crippen LogP contribution in [0.3, 0.4) is 0 Å². The normalized spacial score (nSPS) is 20.0. The summed E-state index contributed by atoms with van der Waals surface area (Å²) in [6, 6.07) is 8.72. The van der Waals surface area contributed by atoms with Gasteiger partial charge in [-0.2, -0.15) is 4.98 Å². The van der Waals surface area contributed by atoms with Crippen LogP contribution in [0, 0.1) is 5.41 Å². The second-order valence-corrected chi connectivity index (χ2v) is 9.28. The molecule has 0 saturated heterocycles. The molecule has 1 aliphatic carbocycles. The van der Waals surface area contributed by atoms with Crippen LogP contribution in [0.15, 0.2) is 24.3 Å². The summed E-state index contributed by atoms with van der Waals surface area (Å²) in [6.07, 6.45) is 4.56. The molecule has 0 atom stereocenters. The lowest BCUT2D eigenvalue weighted by atomic mass is 9.89. The zero-order chi connectivity index (χ0) is 20.3. The zero-order valence-corrected chi connectivity index (χ0v) is 17.7. The number of carbonyl (C=O) groups excluding carboxylic acids is 1. The van der Waals surface area contributed by atoms with E-state index in [0.717, 1.165) is 42.4 Å². The number of nitrogens with zero attached hydrogens (tertiary/aromatic N) is 3. The first-order valence-electron chi connectivity index (χ1n) is 10.2. The van der Waals surface area contributed by atoms with Gasteiger partial charge in [0, 0.05) is 38.0 Å². The predicted molar refractivity (Wildman–Crippen MR) is 116 cm³/mol. The SMILES string of the molecule is CN(C)c1nc(N[C@H]2CC[C@@H](NC(=O)CC(C)(C)C)CC2)nc2ccccc12. The standard InChI is InChI=1S/C22H33N5O/c1-22(2,3)14-19(28)23-15-10-12-16(13-11-15)24-21-25-18-9-7-6-8-17(18)20(26-21)27(4)5/h6-9,15-16H,10-14H2,1-5H3,(H,23,28)(H,24,25,26)/t15-,16+. The first kappa shape index (κ1) is 20.4. The van der Waals surface area contributed by atoms with Gasteiger partial charge in [0.2, 0.25) is 11.9 Å². The van der Waals surface area contributed by atoms with Crippen LogP contribution in [0.1, 0.15) is 52.9 Å². The van der Waals surface area contributed by atoms with E-state index in [0.29, 0.717) is 18.4 Å². The smallest absolute Gasteiger partial charge is 0.225 e. The van der Waals surface area contributed by atoms with Crippen molar-refractivity contribution >= 4 is 28.6 Å². The molecule has 1 amide bonds. The van der Waals surface area contributed by atoms with Crippen LogP contribution < -0.4 is 15.5 Å². The molecule has 0 spiro atoms. The van der Waals surface area contributed by atoms with E-state index in [2.05, 4.69) is 37.5 Å². The number of nitrogens with one attached hydrogen (secondary N) is 2. The topological polar surface area (TPSA) is 70.2 Å². The van der Waals surface area contributed by atoms with Gasteiger partial charge in [-0.1, -0.05) is 32.9 Å². The lowest BCUT2D eigenvalue weighted by molar-refractivity contribution is -0.123. The maximum absolute atomic E-state index is 12.2. The molecule has 1 aliphatic rings. The number of carbonyl (C=O) groups is 1. The molecule has 28 heavy (non-hydrogen) atoms. The molecule has 1 saturated carbocycles. The molecule has 1 aromatic carbocycles. The van der Waals surface area contributed by atoms with Crippen LogP contribution in [0.4, 0.5) is 11.8 Å². The van der Waals surface area contributed by atoms with Gasteiger partial charge in [-0.15, -0.1) is 0 Å². The molecule has 2 aromatic rings. The van der Waals surface area contributed by atoms with Gasteiger partial charge in [0.1, 0.15) is 5.82 Å². The van der Waals surface area contributed by atoms with Crippen molar-refractivity contribution in [2.24, 2.45) is 5.41 Å². The molecule has 1 aromatic heterocycles. The summed E-state index contributed by atoms with van der Waals surface area (Å²) in [5.74, 6) is 1.77. The third-order valence-electron chi connectivity index (χ3n) is 5.12. The highest BCUT2D eigenvalue weighted by atomic mass is 16.1. The highest BCUT2D eigenvalue weighted by molar-refractivity contribution is 5.90. The lowest BCUT2D eigenvalue weighted by Crippen LogP contribution is -2.41. The fraction of sp³-hybridized carbons (Fsp3) is 0.591. The number of para-hydroxylation sites is 1. The second kappa shape index (κ2) is 8.33. The fourth-order valence-electron chi connectivity index (χ4n) is 3.79. The van der Waals surface area contributed by atoms with Crippen molar-refractivity contribution in [2.45, 2.75) is 65.0 Å². The Morgan fingerprint density at radius 3 is 2.36 bits per heavy atom. The molecule has 3 rings (SSSR count). The summed E-state index contributed by atoms with van der Waals surface area (Å²) in [5.41, 5.74) is 0.979. The van der Waals surface area contributed by atoms with Gasteiger partial charge >= 0.3 is 0 Å². The van der Waals surface area contributed by atoms with E-state index in [4.69, 9.17) is 9.97 Å². The third kappa shape index (κ3) is 5.33. The van der Waals surface area contributed by atoms with Gasteiger partial charge in [-0.3, -0.25) is 4.79 Å². The van der Waals surface area contributed by atoms with Crippen molar-refractivity contribution in [1.29, 1.82) is 0 Å². The molecule has 0 unspecified atom stereocenters. The maximum atomic E-state index is 12.2. The van der Waals surface area contributed by atoms with Crippen molar-refractivity contribution < 1.29 is 4.79 Å². The minimum Gasteiger partial charge on any atom is -0.362 e. The molecule has 0 bridgehead atoms. The van der Waals surface area contributed by atoms with Crippen molar-refractivity contribution in [3.63, 3.8) is 0 Å². The van der Waals surface area contributed by atoms with Crippen LogP contribution in [0.5, 0.6) is 0 Å². The van der Waals surface area contributed by atoms with Gasteiger partial charge in [0.15, 0.2) is 0 Å². The van der Waals surface area contributed by atoms with Crippen LogP contribution in [0.25, 0.3) is 10.9 Å². The first-order chi connectivity index (χ1) is 13.2. The fourth-order valence-corrected chi connectivity index (χ4v) is 3.79. The summed E-state index contributed by atoms with van der Waals surface area (Å²) in [5, 5.41) is 7.78. The first-order valence-corrected chi connectivity index (χ1v) is 10.2. The third-order valence-corrected chi connectivity index (χ3v) is 5.12. The number of amides is 1. The number of aromatic nitrogens is 2. The van der Waals surface area contributed by atoms with Crippen molar-refractivity contribution in [1.82, 2.24) is 15.3 Å². The van der Waals surface area contributed by atoms with Crippen molar-refractivity contribution in [3.05, 3.63) is 24.3 Å². The van der Waals surface area contributed by atoms with Crippen LogP contribution in [-0.4, -0.2) is 42.1 Å². The predicted octanol–water partition coefficient (Wildman–Crippen LogP) is 3.97. The average Bonchev–Trinajstić information content (AvgIpc) is 2.61. The van der Waals surface area contributed by atoms with Crippen LogP contribution in [-0.2, 0) is 4.79 Å². The molecule has 152 valence electrons. The molecule has 6 nitrogen and oxygen atoms in total. The molecule has 1 fully saturated rings. The Hall–Kier alpha value is -2.37. The van der Waals surface area contributed by atoms with E-state index in [9.17, 15) is 4.79 Å².